The number of thiazole rings is 1. The van der Waals surface area contributed by atoms with Crippen molar-refractivity contribution in [2.24, 2.45) is 0 Å². The number of benzene rings is 2. The summed E-state index contributed by atoms with van der Waals surface area (Å²) in [6.45, 7) is 4.96. The number of hydrogen-bond acceptors (Lipinski definition) is 5. The standard InChI is InChI=1S/C24H22N4O2S/c1-14(2)21-20(15-7-4-3-5-8-15)26-24(31-21)27-22(29)16-10-11-17-18(13-16)25-19-9-6-12-28(19)23(17)30/h3-5,7-8,10-11,13-14H,6,9,12H2,1-2H3,(H,26,27,29). The summed E-state index contributed by atoms with van der Waals surface area (Å²) in [4.78, 5) is 36.0. The Morgan fingerprint density at radius 2 is 1.94 bits per heavy atom. The van der Waals surface area contributed by atoms with Gasteiger partial charge in [-0.15, -0.1) is 11.3 Å². The third-order valence-corrected chi connectivity index (χ3v) is 6.80. The van der Waals surface area contributed by atoms with Gasteiger partial charge in [0.05, 0.1) is 16.6 Å². The molecule has 0 unspecified atom stereocenters. The van der Waals surface area contributed by atoms with Crippen molar-refractivity contribution in [1.82, 2.24) is 14.5 Å². The lowest BCUT2D eigenvalue weighted by Crippen LogP contribution is -2.21. The van der Waals surface area contributed by atoms with Gasteiger partial charge in [0.15, 0.2) is 5.13 Å². The predicted octanol–water partition coefficient (Wildman–Crippen LogP) is 4.84. The molecule has 1 amide bonds. The fourth-order valence-corrected chi connectivity index (χ4v) is 4.96. The predicted molar refractivity (Wildman–Crippen MR) is 124 cm³/mol. The Balaban J connectivity index is 1.47. The van der Waals surface area contributed by atoms with Gasteiger partial charge in [0.1, 0.15) is 5.82 Å². The molecule has 0 aliphatic carbocycles. The Morgan fingerprint density at radius 3 is 2.71 bits per heavy atom. The topological polar surface area (TPSA) is 76.9 Å². The summed E-state index contributed by atoms with van der Waals surface area (Å²) in [6, 6.07) is 15.1. The number of fused-ring (bicyclic) bond motifs is 2. The fourth-order valence-electron chi connectivity index (χ4n) is 3.97. The number of aromatic nitrogens is 3. The summed E-state index contributed by atoms with van der Waals surface area (Å²) in [5, 5.41) is 4.04. The van der Waals surface area contributed by atoms with E-state index >= 15 is 0 Å². The van der Waals surface area contributed by atoms with E-state index in [0.29, 0.717) is 34.1 Å². The molecule has 0 atom stereocenters. The number of aryl methyl sites for hydroxylation is 1. The zero-order valence-corrected chi connectivity index (χ0v) is 18.2. The van der Waals surface area contributed by atoms with Gasteiger partial charge >= 0.3 is 0 Å². The third-order valence-electron chi connectivity index (χ3n) is 5.52. The minimum Gasteiger partial charge on any atom is -0.298 e. The number of amides is 1. The molecule has 0 saturated carbocycles. The molecule has 7 heteroatoms. The first-order chi connectivity index (χ1) is 15.0. The number of carbonyl (C=O) groups excluding carboxylic acids is 1. The lowest BCUT2D eigenvalue weighted by Gasteiger charge is -2.07. The zero-order chi connectivity index (χ0) is 21.5. The van der Waals surface area contributed by atoms with Crippen LogP contribution in [0.2, 0.25) is 0 Å². The van der Waals surface area contributed by atoms with Crippen molar-refractivity contribution in [3.63, 3.8) is 0 Å². The molecule has 3 heterocycles. The molecule has 0 spiro atoms. The van der Waals surface area contributed by atoms with Crippen molar-refractivity contribution < 1.29 is 4.79 Å². The highest BCUT2D eigenvalue weighted by atomic mass is 32.1. The molecule has 4 aromatic rings. The Bertz CT molecular complexity index is 1360. The molecule has 1 aliphatic heterocycles. The number of rotatable bonds is 4. The molecule has 2 aromatic heterocycles. The number of hydrogen-bond donors (Lipinski definition) is 1. The molecule has 1 N–H and O–H groups in total. The van der Waals surface area contributed by atoms with Gasteiger partial charge in [-0.05, 0) is 30.5 Å². The van der Waals surface area contributed by atoms with Crippen molar-refractivity contribution >= 4 is 33.3 Å². The lowest BCUT2D eigenvalue weighted by molar-refractivity contribution is 0.102. The van der Waals surface area contributed by atoms with E-state index in [0.717, 1.165) is 34.8 Å². The van der Waals surface area contributed by atoms with Crippen LogP contribution in [-0.4, -0.2) is 20.4 Å². The maximum atomic E-state index is 12.9. The van der Waals surface area contributed by atoms with Crippen molar-refractivity contribution in [1.29, 1.82) is 0 Å². The van der Waals surface area contributed by atoms with Crippen LogP contribution in [0.1, 0.15) is 47.2 Å². The van der Waals surface area contributed by atoms with E-state index < -0.39 is 0 Å². The van der Waals surface area contributed by atoms with E-state index in [4.69, 9.17) is 4.98 Å². The zero-order valence-electron chi connectivity index (χ0n) is 17.4. The third kappa shape index (κ3) is 3.55. The van der Waals surface area contributed by atoms with E-state index in [9.17, 15) is 9.59 Å². The maximum Gasteiger partial charge on any atom is 0.261 e. The van der Waals surface area contributed by atoms with Crippen LogP contribution in [0.25, 0.3) is 22.2 Å². The van der Waals surface area contributed by atoms with Gasteiger partial charge in [-0.3, -0.25) is 19.5 Å². The second kappa shape index (κ2) is 7.74. The highest BCUT2D eigenvalue weighted by Gasteiger charge is 2.19. The maximum absolute atomic E-state index is 12.9. The van der Waals surface area contributed by atoms with Gasteiger partial charge in [-0.25, -0.2) is 9.97 Å². The molecule has 0 radical (unpaired) electrons. The minimum absolute atomic E-state index is 0.0292. The van der Waals surface area contributed by atoms with Gasteiger partial charge in [0, 0.05) is 29.0 Å². The van der Waals surface area contributed by atoms with Crippen LogP contribution in [0.3, 0.4) is 0 Å². The van der Waals surface area contributed by atoms with Crippen LogP contribution in [-0.2, 0) is 13.0 Å². The molecule has 6 nitrogen and oxygen atoms in total. The van der Waals surface area contributed by atoms with E-state index in [1.54, 1.807) is 22.8 Å². The quantitative estimate of drug-likeness (QED) is 0.502. The minimum atomic E-state index is -0.257. The second-order valence-electron chi connectivity index (χ2n) is 8.03. The molecular weight excluding hydrogens is 408 g/mol. The SMILES string of the molecule is CC(C)c1sc(NC(=O)c2ccc3c(=O)n4c(nc3c2)CCC4)nc1-c1ccccc1. The van der Waals surface area contributed by atoms with Crippen LogP contribution in [0.4, 0.5) is 5.13 Å². The largest absolute Gasteiger partial charge is 0.298 e. The molecule has 156 valence electrons. The van der Waals surface area contributed by atoms with Crippen molar-refractivity contribution in [2.75, 3.05) is 5.32 Å². The summed E-state index contributed by atoms with van der Waals surface area (Å²) in [6.07, 6.45) is 1.72. The summed E-state index contributed by atoms with van der Waals surface area (Å²) in [5.74, 6) is 0.829. The Labute approximate surface area is 183 Å². The molecule has 5 rings (SSSR count). The van der Waals surface area contributed by atoms with E-state index in [-0.39, 0.29) is 11.5 Å². The van der Waals surface area contributed by atoms with E-state index in [1.807, 2.05) is 30.3 Å². The van der Waals surface area contributed by atoms with E-state index in [1.165, 1.54) is 11.3 Å². The molecule has 0 saturated heterocycles. The number of nitrogens with one attached hydrogen (secondary N) is 1. The average Bonchev–Trinajstić information content (AvgIpc) is 3.41. The number of anilines is 1. The molecule has 31 heavy (non-hydrogen) atoms. The van der Waals surface area contributed by atoms with Crippen LogP contribution in [0, 0.1) is 0 Å². The summed E-state index contributed by atoms with van der Waals surface area (Å²) in [7, 11) is 0. The first kappa shape index (κ1) is 19.6. The van der Waals surface area contributed by atoms with Crippen LogP contribution in [0.15, 0.2) is 53.3 Å². The fraction of sp³-hybridized carbons (Fsp3) is 0.250. The molecule has 0 bridgehead atoms. The van der Waals surface area contributed by atoms with Crippen molar-refractivity contribution in [3.8, 4) is 11.3 Å². The van der Waals surface area contributed by atoms with Crippen molar-refractivity contribution in [3.05, 3.63) is 75.1 Å². The second-order valence-corrected chi connectivity index (χ2v) is 9.06. The molecule has 0 fully saturated rings. The highest BCUT2D eigenvalue weighted by Crippen LogP contribution is 2.36. The van der Waals surface area contributed by atoms with Crippen molar-refractivity contribution in [2.45, 2.75) is 39.2 Å². The molecule has 1 aliphatic rings. The lowest BCUT2D eigenvalue weighted by atomic mass is 10.1. The Morgan fingerprint density at radius 1 is 1.13 bits per heavy atom. The molecule has 2 aromatic carbocycles. The normalized spacial score (nSPS) is 13.0. The summed E-state index contributed by atoms with van der Waals surface area (Å²) >= 11 is 1.50. The van der Waals surface area contributed by atoms with Crippen LogP contribution in [0.5, 0.6) is 0 Å². The van der Waals surface area contributed by atoms with Gasteiger partial charge in [0.2, 0.25) is 0 Å². The van der Waals surface area contributed by atoms with Crippen LogP contribution < -0.4 is 10.9 Å². The Hall–Kier alpha value is -3.32. The number of carbonyl (C=O) groups is 1. The van der Waals surface area contributed by atoms with Gasteiger partial charge in [-0.2, -0.15) is 0 Å². The summed E-state index contributed by atoms with van der Waals surface area (Å²) < 4.78 is 1.73. The first-order valence-electron chi connectivity index (χ1n) is 10.4. The summed E-state index contributed by atoms with van der Waals surface area (Å²) in [5.41, 5.74) is 2.94. The van der Waals surface area contributed by atoms with Gasteiger partial charge < -0.3 is 0 Å². The van der Waals surface area contributed by atoms with Crippen LogP contribution >= 0.6 is 11.3 Å². The highest BCUT2D eigenvalue weighted by molar-refractivity contribution is 7.16. The average molecular weight is 431 g/mol. The Kier molecular flexibility index (Phi) is 4.90. The first-order valence-corrected chi connectivity index (χ1v) is 11.2. The number of nitrogens with zero attached hydrogens (tertiary/aromatic N) is 3. The molecular formula is C24H22N4O2S. The monoisotopic (exact) mass is 430 g/mol. The van der Waals surface area contributed by atoms with Gasteiger partial charge in [0.25, 0.3) is 11.5 Å². The van der Waals surface area contributed by atoms with E-state index in [2.05, 4.69) is 24.1 Å². The van der Waals surface area contributed by atoms with Gasteiger partial charge in [-0.1, -0.05) is 44.2 Å². The smallest absolute Gasteiger partial charge is 0.261 e.